The molecule has 3 rings (SSSR count). The van der Waals surface area contributed by atoms with Gasteiger partial charge in [0.25, 0.3) is 0 Å². The first kappa shape index (κ1) is 32.3. The van der Waals surface area contributed by atoms with Gasteiger partial charge in [0.15, 0.2) is 0 Å². The summed E-state index contributed by atoms with van der Waals surface area (Å²) in [5.74, 6) is 0.445. The summed E-state index contributed by atoms with van der Waals surface area (Å²) in [5.41, 5.74) is 2.84. The average Bonchev–Trinajstić information content (AvgIpc) is 3.33. The Balaban J connectivity index is 1.48. The highest BCUT2D eigenvalue weighted by Gasteiger charge is 2.48. The Bertz CT molecular complexity index is 908. The maximum absolute atomic E-state index is 2.72. The molecule has 0 bridgehead atoms. The minimum absolute atomic E-state index is 0.0534. The molecule has 0 fully saturated rings. The van der Waals surface area contributed by atoms with E-state index in [0.717, 1.165) is 25.9 Å². The van der Waals surface area contributed by atoms with Crippen LogP contribution in [0, 0.1) is 0 Å². The van der Waals surface area contributed by atoms with E-state index in [1.54, 1.807) is 0 Å². The highest BCUT2D eigenvalue weighted by atomic mass is 15.4. The Morgan fingerprint density at radius 2 is 1.02 bits per heavy atom. The van der Waals surface area contributed by atoms with Gasteiger partial charge >= 0.3 is 0 Å². The fraction of sp³-hybridized carbons (Fsp3) is 0.632. The summed E-state index contributed by atoms with van der Waals surface area (Å²) in [6.45, 7) is 9.17. The zero-order chi connectivity index (χ0) is 28.3. The van der Waals surface area contributed by atoms with E-state index in [1.807, 2.05) is 0 Å². The van der Waals surface area contributed by atoms with Gasteiger partial charge in [-0.2, -0.15) is 0 Å². The maximum Gasteiger partial charge on any atom is 0.123 e. The summed E-state index contributed by atoms with van der Waals surface area (Å²) in [6, 6.07) is 22.4. The van der Waals surface area contributed by atoms with Crippen molar-refractivity contribution in [3.05, 3.63) is 84.2 Å². The lowest BCUT2D eigenvalue weighted by Crippen LogP contribution is -2.59. The number of rotatable bonds is 22. The van der Waals surface area contributed by atoms with E-state index >= 15 is 0 Å². The molecule has 0 amide bonds. The molecule has 0 spiro atoms. The second-order valence-corrected chi connectivity index (χ2v) is 12.1. The molecule has 0 aliphatic carbocycles. The Labute approximate surface area is 248 Å². The van der Waals surface area contributed by atoms with Crippen molar-refractivity contribution < 1.29 is 0 Å². The molecule has 1 heterocycles. The molecule has 1 aliphatic rings. The maximum atomic E-state index is 2.72. The van der Waals surface area contributed by atoms with Crippen LogP contribution < -0.4 is 0 Å². The average molecular weight is 545 g/mol. The van der Waals surface area contributed by atoms with Crippen molar-refractivity contribution in [3.63, 3.8) is 0 Å². The number of unbranched alkanes of at least 4 members (excludes halogenated alkanes) is 14. The van der Waals surface area contributed by atoms with E-state index in [9.17, 15) is 0 Å². The smallest absolute Gasteiger partial charge is 0.123 e. The summed E-state index contributed by atoms with van der Waals surface area (Å²) >= 11 is 0. The number of nitrogens with zero attached hydrogens (tertiary/aromatic N) is 2. The largest absolute Gasteiger partial charge is 0.353 e. The second-order valence-electron chi connectivity index (χ2n) is 12.1. The highest BCUT2D eigenvalue weighted by Crippen LogP contribution is 2.45. The van der Waals surface area contributed by atoms with Gasteiger partial charge in [-0.25, -0.2) is 0 Å². The first-order valence-corrected chi connectivity index (χ1v) is 17.1. The van der Waals surface area contributed by atoms with Gasteiger partial charge < -0.3 is 9.80 Å². The van der Waals surface area contributed by atoms with Crippen molar-refractivity contribution >= 4 is 0 Å². The highest BCUT2D eigenvalue weighted by molar-refractivity contribution is 5.30. The van der Waals surface area contributed by atoms with Crippen LogP contribution in [0.1, 0.15) is 141 Å². The van der Waals surface area contributed by atoms with Crippen LogP contribution in [0.25, 0.3) is 0 Å². The molecule has 0 saturated carbocycles. The lowest BCUT2D eigenvalue weighted by atomic mass is 9.78. The fourth-order valence-electron chi connectivity index (χ4n) is 7.02. The van der Waals surface area contributed by atoms with Gasteiger partial charge in [-0.1, -0.05) is 164 Å². The molecule has 2 atom stereocenters. The lowest BCUT2D eigenvalue weighted by molar-refractivity contribution is -0.00000800. The van der Waals surface area contributed by atoms with Gasteiger partial charge in [0.05, 0.1) is 0 Å². The van der Waals surface area contributed by atoms with E-state index in [2.05, 4.69) is 104 Å². The molecule has 222 valence electrons. The van der Waals surface area contributed by atoms with Crippen molar-refractivity contribution in [2.45, 2.75) is 142 Å². The zero-order valence-electron chi connectivity index (χ0n) is 26.3. The summed E-state index contributed by atoms with van der Waals surface area (Å²) in [4.78, 5) is 5.35. The normalized spacial score (nSPS) is 17.6. The van der Waals surface area contributed by atoms with Crippen LogP contribution in [0.3, 0.4) is 0 Å². The number of hydrogen-bond acceptors (Lipinski definition) is 2. The third-order valence-electron chi connectivity index (χ3n) is 9.24. The number of hydrogen-bond donors (Lipinski definition) is 0. The van der Waals surface area contributed by atoms with Gasteiger partial charge in [-0.05, 0) is 30.9 Å². The van der Waals surface area contributed by atoms with Gasteiger partial charge in [0.1, 0.15) is 5.66 Å². The van der Waals surface area contributed by atoms with Gasteiger partial charge in [-0.15, -0.1) is 0 Å². The van der Waals surface area contributed by atoms with Gasteiger partial charge in [-0.3, -0.25) is 0 Å². The van der Waals surface area contributed by atoms with Crippen molar-refractivity contribution in [3.8, 4) is 0 Å². The van der Waals surface area contributed by atoms with Crippen LogP contribution in [0.4, 0.5) is 0 Å². The number of benzene rings is 2. The van der Waals surface area contributed by atoms with Crippen LogP contribution in [0.15, 0.2) is 73.1 Å². The molecule has 2 aromatic carbocycles. The first-order chi connectivity index (χ1) is 19.8. The van der Waals surface area contributed by atoms with Crippen LogP contribution >= 0.6 is 0 Å². The molecule has 2 aromatic rings. The molecule has 2 unspecified atom stereocenters. The molecule has 1 aliphatic heterocycles. The SMILES string of the molecule is CCCCCCCCCCCCCCCCCN1C=CN(CC)C1(Cc1ccccc1)C(CC)c1ccccc1. The molecular formula is C38H60N2. The monoisotopic (exact) mass is 544 g/mol. The van der Waals surface area contributed by atoms with Crippen LogP contribution in [-0.4, -0.2) is 28.6 Å². The lowest BCUT2D eigenvalue weighted by Gasteiger charge is -2.51. The van der Waals surface area contributed by atoms with Gasteiger partial charge in [0, 0.05) is 37.8 Å². The predicted octanol–water partition coefficient (Wildman–Crippen LogP) is 11.1. The van der Waals surface area contributed by atoms with Crippen LogP contribution in [0.2, 0.25) is 0 Å². The van der Waals surface area contributed by atoms with Crippen molar-refractivity contribution in [1.82, 2.24) is 9.80 Å². The second kappa shape index (κ2) is 19.0. The van der Waals surface area contributed by atoms with Crippen molar-refractivity contribution in [1.29, 1.82) is 0 Å². The van der Waals surface area contributed by atoms with Gasteiger partial charge in [0.2, 0.25) is 0 Å². The topological polar surface area (TPSA) is 6.48 Å². The minimum Gasteiger partial charge on any atom is -0.353 e. The predicted molar refractivity (Wildman–Crippen MR) is 176 cm³/mol. The number of likely N-dealkylation sites (N-methyl/N-ethyl adjacent to an activating group) is 1. The Morgan fingerprint density at radius 1 is 0.550 bits per heavy atom. The van der Waals surface area contributed by atoms with Crippen molar-refractivity contribution in [2.75, 3.05) is 13.1 Å². The molecule has 0 aromatic heterocycles. The van der Waals surface area contributed by atoms with E-state index in [0.29, 0.717) is 5.92 Å². The Kier molecular flexibility index (Phi) is 15.3. The summed E-state index contributed by atoms with van der Waals surface area (Å²) < 4.78 is 0. The third kappa shape index (κ3) is 9.71. The molecular weight excluding hydrogens is 484 g/mol. The standard InChI is InChI=1S/C38H60N2/c1-4-7-8-9-10-11-12-13-14-15-16-17-18-19-26-31-40-33-32-39(6-3)38(40,34-35-27-22-20-23-28-35)37(5-2)36-29-24-21-25-30-36/h20-25,27-30,32-33,37H,4-19,26,31,34H2,1-3H3. The molecule has 2 heteroatoms. The van der Waals surface area contributed by atoms with Crippen LogP contribution in [-0.2, 0) is 6.42 Å². The van der Waals surface area contributed by atoms with E-state index < -0.39 is 0 Å². The molecule has 0 N–H and O–H groups in total. The van der Waals surface area contributed by atoms with E-state index in [4.69, 9.17) is 0 Å². The summed E-state index contributed by atoms with van der Waals surface area (Å²) in [7, 11) is 0. The minimum atomic E-state index is -0.0534. The molecule has 2 nitrogen and oxygen atoms in total. The van der Waals surface area contributed by atoms with E-state index in [1.165, 1.54) is 107 Å². The van der Waals surface area contributed by atoms with Crippen LogP contribution in [0.5, 0.6) is 0 Å². The van der Waals surface area contributed by atoms with E-state index in [-0.39, 0.29) is 5.66 Å². The molecule has 0 radical (unpaired) electrons. The third-order valence-corrected chi connectivity index (χ3v) is 9.24. The van der Waals surface area contributed by atoms with Crippen molar-refractivity contribution in [2.24, 2.45) is 0 Å². The Morgan fingerprint density at radius 3 is 1.52 bits per heavy atom. The Hall–Kier alpha value is -2.22. The fourth-order valence-corrected chi connectivity index (χ4v) is 7.02. The quantitative estimate of drug-likeness (QED) is 0.136. The zero-order valence-corrected chi connectivity index (χ0v) is 26.3. The summed E-state index contributed by atoms with van der Waals surface area (Å²) in [5, 5.41) is 0. The molecule has 40 heavy (non-hydrogen) atoms. The first-order valence-electron chi connectivity index (χ1n) is 17.1. The summed E-state index contributed by atoms with van der Waals surface area (Å²) in [6.07, 6.45) is 28.2. The molecule has 0 saturated heterocycles.